The lowest BCUT2D eigenvalue weighted by atomic mass is 10.0. The Labute approximate surface area is 328 Å². The molecule has 0 aliphatic rings. The highest BCUT2D eigenvalue weighted by Gasteiger charge is 2.34. The first kappa shape index (κ1) is 45.6. The number of benzene rings is 3. The summed E-state index contributed by atoms with van der Waals surface area (Å²) in [5.41, 5.74) is 0.822. The molecule has 0 spiro atoms. The number of non-ortho nitro benzene ring substituents is 1. The summed E-state index contributed by atoms with van der Waals surface area (Å²) in [5, 5.41) is 13.7. The molecule has 55 heavy (non-hydrogen) atoms. The third kappa shape index (κ3) is 20.7. The van der Waals surface area contributed by atoms with Crippen molar-refractivity contribution in [3.05, 3.63) is 101 Å². The molecule has 0 aliphatic heterocycles. The quantitative estimate of drug-likeness (QED) is 0.0214. The molecule has 0 aromatic heterocycles. The number of para-hydroxylation sites is 1. The average molecular weight is 783 g/mol. The first-order valence-corrected chi connectivity index (χ1v) is 21.8. The van der Waals surface area contributed by atoms with Crippen molar-refractivity contribution in [2.24, 2.45) is 0 Å². The van der Waals surface area contributed by atoms with Gasteiger partial charge in [0, 0.05) is 18.7 Å². The second-order valence-electron chi connectivity index (χ2n) is 14.0. The third-order valence-electron chi connectivity index (χ3n) is 9.13. The number of unbranched alkanes of at least 4 members (excludes halogenated alkanes) is 15. The van der Waals surface area contributed by atoms with Gasteiger partial charge in [0.1, 0.15) is 30.3 Å². The monoisotopic (exact) mass is 782 g/mol. The largest absolute Gasteiger partial charge is 0.513 e. The van der Waals surface area contributed by atoms with Gasteiger partial charge in [-0.1, -0.05) is 152 Å². The van der Waals surface area contributed by atoms with E-state index in [0.717, 1.165) is 18.4 Å². The molecule has 304 valence electrons. The number of hydrogen-bond acceptors (Lipinski definition) is 9. The fraction of sp³-hybridized carbons (Fsp3) is 0.558. The van der Waals surface area contributed by atoms with Crippen LogP contribution in [0.15, 0.2) is 84.9 Å². The predicted molar refractivity (Wildman–Crippen MR) is 217 cm³/mol. The van der Waals surface area contributed by atoms with Crippen LogP contribution in [0, 0.1) is 10.1 Å². The van der Waals surface area contributed by atoms with E-state index in [-0.39, 0.29) is 30.4 Å². The molecule has 3 aromatic rings. The van der Waals surface area contributed by atoms with E-state index in [2.05, 4.69) is 12.0 Å². The van der Waals surface area contributed by atoms with Crippen LogP contribution in [0.3, 0.4) is 0 Å². The molecule has 3 rings (SSSR count). The zero-order valence-corrected chi connectivity index (χ0v) is 33.8. The van der Waals surface area contributed by atoms with Crippen molar-refractivity contribution in [2.75, 3.05) is 19.8 Å². The third-order valence-corrected chi connectivity index (χ3v) is 10.7. The predicted octanol–water partition coefficient (Wildman–Crippen LogP) is 11.5. The van der Waals surface area contributed by atoms with E-state index in [1.807, 2.05) is 30.3 Å². The molecule has 0 aliphatic carbocycles. The lowest BCUT2D eigenvalue weighted by Gasteiger charge is -2.24. The SMILES string of the molecule is CCCCCCCCCCCCCCCCCCOC[C@H](COC(=O)[C@H](C)NP(=O)(Oc1ccccc1)Oc1ccc([N+](=O)[O-])cc1)OCc1ccccc1. The van der Waals surface area contributed by atoms with Crippen LogP contribution >= 0.6 is 7.75 Å². The molecule has 3 atom stereocenters. The molecule has 0 heterocycles. The van der Waals surface area contributed by atoms with Gasteiger partial charge in [0.05, 0.1) is 18.1 Å². The van der Waals surface area contributed by atoms with Crippen molar-refractivity contribution < 1.29 is 37.5 Å². The van der Waals surface area contributed by atoms with E-state index in [9.17, 15) is 19.5 Å². The second kappa shape index (κ2) is 27.8. The number of hydrogen-bond donors (Lipinski definition) is 1. The molecule has 3 aromatic carbocycles. The van der Waals surface area contributed by atoms with Crippen molar-refractivity contribution in [1.82, 2.24) is 5.09 Å². The summed E-state index contributed by atoms with van der Waals surface area (Å²) in [7, 11) is -4.24. The molecule has 0 bridgehead atoms. The number of nitro groups is 1. The van der Waals surface area contributed by atoms with Crippen LogP contribution < -0.4 is 14.1 Å². The first-order valence-electron chi connectivity index (χ1n) is 20.2. The standard InChI is InChI=1S/C43H63N2O9P/c1-3-4-5-6-7-8-9-10-11-12-13-14-15-16-17-24-33-50-35-42(51-34-38-25-20-18-21-26-38)36-52-43(46)37(2)44-55(49,53-40-27-22-19-23-28-40)54-41-31-29-39(30-32-41)45(47)48/h18-23,25-32,37,42H,3-17,24,33-36H2,1-2H3,(H,44,49)/t37-,42+,55?/m0/s1. The minimum absolute atomic E-state index is 0.0498. The van der Waals surface area contributed by atoms with Crippen LogP contribution in [0.4, 0.5) is 5.69 Å². The first-order chi connectivity index (χ1) is 26.8. The van der Waals surface area contributed by atoms with Gasteiger partial charge in [-0.05, 0) is 43.2 Å². The van der Waals surface area contributed by atoms with E-state index >= 15 is 0 Å². The molecule has 0 saturated heterocycles. The van der Waals surface area contributed by atoms with Gasteiger partial charge in [-0.2, -0.15) is 5.09 Å². The smallest absolute Gasteiger partial charge is 0.462 e. The maximum Gasteiger partial charge on any atom is 0.513 e. The molecule has 12 heteroatoms. The highest BCUT2D eigenvalue weighted by Crippen LogP contribution is 2.45. The minimum Gasteiger partial charge on any atom is -0.462 e. The fourth-order valence-corrected chi connectivity index (χ4v) is 7.47. The molecule has 1 N–H and O–H groups in total. The van der Waals surface area contributed by atoms with E-state index in [4.69, 9.17) is 23.3 Å². The summed E-state index contributed by atoms with van der Waals surface area (Å²) in [6.07, 6.45) is 20.4. The fourth-order valence-electron chi connectivity index (χ4n) is 5.95. The second-order valence-corrected chi connectivity index (χ2v) is 15.6. The topological polar surface area (TPSA) is 135 Å². The van der Waals surface area contributed by atoms with Gasteiger partial charge < -0.3 is 23.3 Å². The Morgan fingerprint density at radius 2 is 1.18 bits per heavy atom. The molecular weight excluding hydrogens is 719 g/mol. The van der Waals surface area contributed by atoms with Gasteiger partial charge in [-0.25, -0.2) is 4.57 Å². The maximum atomic E-state index is 13.9. The van der Waals surface area contributed by atoms with Gasteiger partial charge in [-0.15, -0.1) is 0 Å². The number of carbonyl (C=O) groups is 1. The number of nitrogens with one attached hydrogen (secondary N) is 1. The normalized spacial score (nSPS) is 13.4. The van der Waals surface area contributed by atoms with Gasteiger partial charge >= 0.3 is 13.7 Å². The summed E-state index contributed by atoms with van der Waals surface area (Å²) in [5.74, 6) is -0.416. The molecule has 0 fully saturated rings. The number of nitrogens with zero attached hydrogens (tertiary/aromatic N) is 1. The molecule has 0 amide bonds. The van der Waals surface area contributed by atoms with Crippen molar-refractivity contribution >= 4 is 19.4 Å². The van der Waals surface area contributed by atoms with Gasteiger partial charge in [0.15, 0.2) is 0 Å². The summed E-state index contributed by atoms with van der Waals surface area (Å²) < 4.78 is 43.0. The zero-order valence-electron chi connectivity index (χ0n) is 32.9. The van der Waals surface area contributed by atoms with Crippen molar-refractivity contribution in [2.45, 2.75) is 135 Å². The maximum absolute atomic E-state index is 13.9. The summed E-state index contributed by atoms with van der Waals surface area (Å²) in [4.78, 5) is 23.7. The summed E-state index contributed by atoms with van der Waals surface area (Å²) in [6, 6.07) is 22.0. The van der Waals surface area contributed by atoms with Gasteiger partial charge in [0.2, 0.25) is 0 Å². The van der Waals surface area contributed by atoms with Crippen molar-refractivity contribution in [3.63, 3.8) is 0 Å². The lowest BCUT2D eigenvalue weighted by Crippen LogP contribution is -2.38. The van der Waals surface area contributed by atoms with Crippen LogP contribution in [0.1, 0.15) is 122 Å². The van der Waals surface area contributed by atoms with Crippen LogP contribution in [0.2, 0.25) is 0 Å². The highest BCUT2D eigenvalue weighted by molar-refractivity contribution is 7.52. The molecule has 1 unspecified atom stereocenters. The number of ether oxygens (including phenoxy) is 3. The summed E-state index contributed by atoms with van der Waals surface area (Å²) >= 11 is 0. The van der Waals surface area contributed by atoms with E-state index < -0.39 is 30.8 Å². The summed E-state index contributed by atoms with van der Waals surface area (Å²) in [6.45, 7) is 4.83. The number of esters is 1. The van der Waals surface area contributed by atoms with Crippen molar-refractivity contribution in [3.8, 4) is 11.5 Å². The van der Waals surface area contributed by atoms with Crippen LogP contribution in [0.25, 0.3) is 0 Å². The van der Waals surface area contributed by atoms with Crippen LogP contribution in [0.5, 0.6) is 11.5 Å². The van der Waals surface area contributed by atoms with E-state index in [0.29, 0.717) is 13.2 Å². The van der Waals surface area contributed by atoms with Gasteiger partial charge in [-0.3, -0.25) is 14.9 Å². The molecule has 0 radical (unpaired) electrons. The Bertz CT molecular complexity index is 1500. The average Bonchev–Trinajstić information content (AvgIpc) is 3.18. The number of carbonyl (C=O) groups excluding carboxylic acids is 1. The van der Waals surface area contributed by atoms with Gasteiger partial charge in [0.25, 0.3) is 5.69 Å². The Kier molecular flexibility index (Phi) is 23.0. The Morgan fingerprint density at radius 1 is 0.691 bits per heavy atom. The highest BCUT2D eigenvalue weighted by atomic mass is 31.2. The lowest BCUT2D eigenvalue weighted by molar-refractivity contribution is -0.384. The minimum atomic E-state index is -4.24. The Morgan fingerprint density at radius 3 is 1.71 bits per heavy atom. The number of nitro benzene ring substituents is 1. The Hall–Kier alpha value is -3.76. The van der Waals surface area contributed by atoms with Crippen LogP contribution in [-0.4, -0.2) is 42.9 Å². The zero-order chi connectivity index (χ0) is 39.4. The van der Waals surface area contributed by atoms with E-state index in [1.165, 1.54) is 121 Å². The molecule has 11 nitrogen and oxygen atoms in total. The number of rotatable bonds is 32. The molecule has 0 saturated carbocycles. The van der Waals surface area contributed by atoms with Crippen LogP contribution in [-0.2, 0) is 30.2 Å². The Balaban J connectivity index is 1.40. The molecular formula is C43H63N2O9P. The van der Waals surface area contributed by atoms with Crippen molar-refractivity contribution in [1.29, 1.82) is 0 Å². The van der Waals surface area contributed by atoms with E-state index in [1.54, 1.807) is 30.3 Å².